The third-order valence-electron chi connectivity index (χ3n) is 4.88. The third kappa shape index (κ3) is 1.90. The Kier molecular flexibility index (Phi) is 2.85. The van der Waals surface area contributed by atoms with Crippen LogP contribution in [0.15, 0.2) is 60.2 Å². The molecule has 2 unspecified atom stereocenters. The molecule has 4 rings (SSSR count). The minimum Gasteiger partial charge on any atom is -0.0754 e. The second-order valence-electron chi connectivity index (χ2n) is 6.42. The minimum atomic E-state index is 0.485. The maximum Gasteiger partial charge on any atom is 0.0164 e. The highest BCUT2D eigenvalue weighted by Crippen LogP contribution is 2.50. The molecule has 104 valence electrons. The Hall–Kier alpha value is -2.08. The van der Waals surface area contributed by atoms with Crippen LogP contribution in [0.25, 0.3) is 12.2 Å². The van der Waals surface area contributed by atoms with E-state index >= 15 is 0 Å². The standard InChI is InChI=1S/C21H20/c1-14(2)20-13-16-8-4-6-10-18(16)21(20)19-12-11-15-7-3-5-9-17(15)19/h3-14,19,21H,1-2H3. The van der Waals surface area contributed by atoms with Crippen LogP contribution in [-0.4, -0.2) is 0 Å². The molecule has 0 fully saturated rings. The normalized spacial score (nSPS) is 22.3. The van der Waals surface area contributed by atoms with Crippen molar-refractivity contribution in [3.63, 3.8) is 0 Å². The molecule has 21 heavy (non-hydrogen) atoms. The van der Waals surface area contributed by atoms with Crippen molar-refractivity contribution >= 4 is 12.2 Å². The Bertz CT molecular complexity index is 746. The predicted octanol–water partition coefficient (Wildman–Crippen LogP) is 5.63. The van der Waals surface area contributed by atoms with Gasteiger partial charge in [-0.2, -0.15) is 0 Å². The fourth-order valence-electron chi connectivity index (χ4n) is 3.87. The average Bonchev–Trinajstić information content (AvgIpc) is 3.07. The fraction of sp³-hybridized carbons (Fsp3) is 0.238. The van der Waals surface area contributed by atoms with Crippen LogP contribution < -0.4 is 0 Å². The molecule has 0 saturated carbocycles. The summed E-state index contributed by atoms with van der Waals surface area (Å²) in [4.78, 5) is 0. The number of hydrogen-bond donors (Lipinski definition) is 0. The summed E-state index contributed by atoms with van der Waals surface area (Å²) in [5.41, 5.74) is 7.33. The molecule has 2 atom stereocenters. The van der Waals surface area contributed by atoms with E-state index in [1.54, 1.807) is 5.57 Å². The van der Waals surface area contributed by atoms with Gasteiger partial charge >= 0.3 is 0 Å². The lowest BCUT2D eigenvalue weighted by atomic mass is 9.77. The maximum absolute atomic E-state index is 2.42. The lowest BCUT2D eigenvalue weighted by Crippen LogP contribution is -2.12. The van der Waals surface area contributed by atoms with Gasteiger partial charge in [-0.25, -0.2) is 0 Å². The molecule has 2 aliphatic rings. The van der Waals surface area contributed by atoms with E-state index in [2.05, 4.69) is 80.6 Å². The second kappa shape index (κ2) is 4.73. The van der Waals surface area contributed by atoms with E-state index in [4.69, 9.17) is 0 Å². The molecular formula is C21H20. The molecule has 0 aliphatic heterocycles. The van der Waals surface area contributed by atoms with Crippen molar-refractivity contribution in [2.45, 2.75) is 25.7 Å². The summed E-state index contributed by atoms with van der Waals surface area (Å²) in [6.45, 7) is 4.63. The lowest BCUT2D eigenvalue weighted by Gasteiger charge is -2.26. The highest BCUT2D eigenvalue weighted by atomic mass is 14.4. The summed E-state index contributed by atoms with van der Waals surface area (Å²) < 4.78 is 0. The van der Waals surface area contributed by atoms with Gasteiger partial charge in [-0.3, -0.25) is 0 Å². The van der Waals surface area contributed by atoms with Crippen molar-refractivity contribution < 1.29 is 0 Å². The van der Waals surface area contributed by atoms with E-state index in [0.717, 1.165) is 0 Å². The largest absolute Gasteiger partial charge is 0.0754 e. The van der Waals surface area contributed by atoms with Gasteiger partial charge in [0.25, 0.3) is 0 Å². The zero-order valence-corrected chi connectivity index (χ0v) is 12.6. The van der Waals surface area contributed by atoms with Crippen LogP contribution >= 0.6 is 0 Å². The van der Waals surface area contributed by atoms with Crippen molar-refractivity contribution in [1.82, 2.24) is 0 Å². The first-order valence-corrected chi connectivity index (χ1v) is 7.83. The number of allylic oxidation sites excluding steroid dienone is 2. The molecule has 0 saturated heterocycles. The van der Waals surface area contributed by atoms with Crippen LogP contribution in [-0.2, 0) is 0 Å². The average molecular weight is 272 g/mol. The molecule has 2 aromatic carbocycles. The Morgan fingerprint density at radius 2 is 1.48 bits per heavy atom. The van der Waals surface area contributed by atoms with Crippen LogP contribution in [0.2, 0.25) is 0 Å². The van der Waals surface area contributed by atoms with E-state index in [0.29, 0.717) is 17.8 Å². The first kappa shape index (κ1) is 12.6. The SMILES string of the molecule is CC(C)C1=Cc2ccccc2C1C1C=Cc2ccccc21. The third-order valence-corrected chi connectivity index (χ3v) is 4.88. The Morgan fingerprint density at radius 3 is 2.24 bits per heavy atom. The summed E-state index contributed by atoms with van der Waals surface area (Å²) >= 11 is 0. The van der Waals surface area contributed by atoms with E-state index in [9.17, 15) is 0 Å². The summed E-state index contributed by atoms with van der Waals surface area (Å²) in [5, 5.41) is 0. The monoisotopic (exact) mass is 272 g/mol. The molecular weight excluding hydrogens is 252 g/mol. The van der Waals surface area contributed by atoms with Crippen LogP contribution in [0.3, 0.4) is 0 Å². The van der Waals surface area contributed by atoms with Gasteiger partial charge < -0.3 is 0 Å². The summed E-state index contributed by atoms with van der Waals surface area (Å²) in [6.07, 6.45) is 7.10. The minimum absolute atomic E-state index is 0.485. The smallest absolute Gasteiger partial charge is 0.0164 e. The first-order chi connectivity index (χ1) is 10.3. The van der Waals surface area contributed by atoms with Crippen molar-refractivity contribution in [3.8, 4) is 0 Å². The molecule has 0 heterocycles. The lowest BCUT2D eigenvalue weighted by molar-refractivity contribution is 0.626. The van der Waals surface area contributed by atoms with Gasteiger partial charge in [0.15, 0.2) is 0 Å². The number of fused-ring (bicyclic) bond motifs is 2. The molecule has 0 bridgehead atoms. The van der Waals surface area contributed by atoms with Gasteiger partial charge in [0.05, 0.1) is 0 Å². The highest BCUT2D eigenvalue weighted by Gasteiger charge is 2.35. The van der Waals surface area contributed by atoms with Crippen molar-refractivity contribution in [3.05, 3.63) is 82.4 Å². The van der Waals surface area contributed by atoms with Gasteiger partial charge in [0.1, 0.15) is 0 Å². The molecule has 0 amide bonds. The molecule has 0 radical (unpaired) electrons. The topological polar surface area (TPSA) is 0 Å². The summed E-state index contributed by atoms with van der Waals surface area (Å²) in [5.74, 6) is 1.57. The summed E-state index contributed by atoms with van der Waals surface area (Å²) in [6, 6.07) is 17.7. The Morgan fingerprint density at radius 1 is 0.810 bits per heavy atom. The Labute approximate surface area is 126 Å². The van der Waals surface area contributed by atoms with Gasteiger partial charge in [-0.1, -0.05) is 86.2 Å². The molecule has 0 N–H and O–H groups in total. The van der Waals surface area contributed by atoms with Crippen LogP contribution in [0.5, 0.6) is 0 Å². The number of benzene rings is 2. The van der Waals surface area contributed by atoms with E-state index in [1.165, 1.54) is 22.3 Å². The summed E-state index contributed by atoms with van der Waals surface area (Å²) in [7, 11) is 0. The molecule has 2 aliphatic carbocycles. The highest BCUT2D eigenvalue weighted by molar-refractivity contribution is 5.71. The molecule has 0 heteroatoms. The quantitative estimate of drug-likeness (QED) is 0.664. The van der Waals surface area contributed by atoms with Gasteiger partial charge in [0, 0.05) is 11.8 Å². The number of rotatable bonds is 2. The van der Waals surface area contributed by atoms with Crippen molar-refractivity contribution in [1.29, 1.82) is 0 Å². The van der Waals surface area contributed by atoms with Gasteiger partial charge in [0.2, 0.25) is 0 Å². The number of hydrogen-bond acceptors (Lipinski definition) is 0. The molecule has 0 aromatic heterocycles. The van der Waals surface area contributed by atoms with Crippen molar-refractivity contribution in [2.75, 3.05) is 0 Å². The fourth-order valence-corrected chi connectivity index (χ4v) is 3.87. The molecule has 2 aromatic rings. The van der Waals surface area contributed by atoms with Crippen LogP contribution in [0, 0.1) is 5.92 Å². The van der Waals surface area contributed by atoms with Crippen LogP contribution in [0.4, 0.5) is 0 Å². The van der Waals surface area contributed by atoms with E-state index in [1.807, 2.05) is 0 Å². The second-order valence-corrected chi connectivity index (χ2v) is 6.42. The van der Waals surface area contributed by atoms with Crippen molar-refractivity contribution in [2.24, 2.45) is 5.92 Å². The predicted molar refractivity (Wildman–Crippen MR) is 90.2 cm³/mol. The first-order valence-electron chi connectivity index (χ1n) is 7.83. The molecule has 0 spiro atoms. The van der Waals surface area contributed by atoms with Crippen LogP contribution in [0.1, 0.15) is 47.9 Å². The Balaban J connectivity index is 1.85. The van der Waals surface area contributed by atoms with Gasteiger partial charge in [-0.15, -0.1) is 0 Å². The van der Waals surface area contributed by atoms with E-state index < -0.39 is 0 Å². The van der Waals surface area contributed by atoms with E-state index in [-0.39, 0.29) is 0 Å². The van der Waals surface area contributed by atoms with Gasteiger partial charge in [-0.05, 0) is 28.2 Å². The maximum atomic E-state index is 2.42. The zero-order valence-electron chi connectivity index (χ0n) is 12.6. The zero-order chi connectivity index (χ0) is 14.4. The molecule has 0 nitrogen and oxygen atoms in total.